The summed E-state index contributed by atoms with van der Waals surface area (Å²) in [6, 6.07) is 84.4. The van der Waals surface area contributed by atoms with Crippen molar-refractivity contribution in [1.29, 1.82) is 0 Å². The van der Waals surface area contributed by atoms with Gasteiger partial charge in [-0.15, -0.1) is 0 Å². The van der Waals surface area contributed by atoms with Crippen LogP contribution in [0.1, 0.15) is 145 Å². The van der Waals surface area contributed by atoms with Gasteiger partial charge in [0, 0.05) is 50.7 Å². The monoisotopic (exact) mass is 1140 g/mol. The normalized spacial score (nSPS) is 19.0. The zero-order chi connectivity index (χ0) is 60.6. The Morgan fingerprint density at radius 2 is 0.977 bits per heavy atom. The maximum Gasteiger partial charge on any atom is 0.252 e. The first kappa shape index (κ1) is 55.9. The summed E-state index contributed by atoms with van der Waals surface area (Å²) < 4.78 is 0. The predicted octanol–water partition coefficient (Wildman–Crippen LogP) is 20.5. The zero-order valence-corrected chi connectivity index (χ0v) is 53.5. The maximum absolute atomic E-state index is 2.81. The number of hydrogen-bond donors (Lipinski definition) is 0. The maximum atomic E-state index is 2.81. The molecule has 0 amide bonds. The molecule has 10 aromatic carbocycles. The van der Waals surface area contributed by atoms with Crippen LogP contribution in [0.4, 0.5) is 45.5 Å². The van der Waals surface area contributed by atoms with Crippen molar-refractivity contribution in [3.63, 3.8) is 0 Å². The van der Waals surface area contributed by atoms with Crippen LogP contribution < -0.4 is 31.1 Å². The third-order valence-corrected chi connectivity index (χ3v) is 21.1. The molecule has 0 saturated heterocycles. The van der Waals surface area contributed by atoms with Crippen molar-refractivity contribution < 1.29 is 0 Å². The van der Waals surface area contributed by atoms with Gasteiger partial charge in [0.05, 0.1) is 16.9 Å². The van der Waals surface area contributed by atoms with E-state index in [0.717, 1.165) is 25.7 Å². The number of hydrogen-bond acceptors (Lipinski definition) is 3. The zero-order valence-electron chi connectivity index (χ0n) is 53.5. The van der Waals surface area contributed by atoms with Crippen LogP contribution in [0.5, 0.6) is 0 Å². The molecule has 0 spiro atoms. The molecule has 2 atom stereocenters. The van der Waals surface area contributed by atoms with Crippen LogP contribution in [0.3, 0.4) is 0 Å². The molecule has 3 aliphatic heterocycles. The van der Waals surface area contributed by atoms with Gasteiger partial charge in [-0.05, 0) is 212 Å². The second kappa shape index (κ2) is 20.5. The van der Waals surface area contributed by atoms with E-state index in [1.807, 2.05) is 0 Å². The minimum absolute atomic E-state index is 0.0361. The van der Waals surface area contributed by atoms with Crippen molar-refractivity contribution in [2.75, 3.05) is 14.7 Å². The first-order chi connectivity index (χ1) is 42.3. The molecular weight excluding hydrogens is 1060 g/mol. The van der Waals surface area contributed by atoms with Gasteiger partial charge in [0.1, 0.15) is 0 Å². The molecule has 2 aliphatic carbocycles. The summed E-state index contributed by atoms with van der Waals surface area (Å²) in [6.07, 6.45) is 9.15. The Morgan fingerprint density at radius 3 is 1.56 bits per heavy atom. The lowest BCUT2D eigenvalue weighted by atomic mass is 9.33. The first-order valence-corrected chi connectivity index (χ1v) is 32.5. The molecule has 5 aliphatic rings. The van der Waals surface area contributed by atoms with Crippen LogP contribution in [0, 0.1) is 12.3 Å². The number of fused-ring (bicyclic) bond motifs is 8. The lowest BCUT2D eigenvalue weighted by Crippen LogP contribution is -2.61. The summed E-state index contributed by atoms with van der Waals surface area (Å²) in [6.45, 7) is 26.5. The summed E-state index contributed by atoms with van der Waals surface area (Å²) in [5.74, 6) is 0. The highest BCUT2D eigenvalue weighted by Gasteiger charge is 2.58. The average Bonchev–Trinajstić information content (AvgIpc) is 1.28. The fourth-order valence-corrected chi connectivity index (χ4v) is 16.4. The van der Waals surface area contributed by atoms with Gasteiger partial charge in [-0.25, -0.2) is 0 Å². The van der Waals surface area contributed by atoms with E-state index < -0.39 is 0 Å². The fourth-order valence-electron chi connectivity index (χ4n) is 16.4. The van der Waals surface area contributed by atoms with Gasteiger partial charge in [-0.2, -0.15) is 0 Å². The summed E-state index contributed by atoms with van der Waals surface area (Å²) in [4.78, 5) is 8.21. The van der Waals surface area contributed by atoms with Gasteiger partial charge in [-0.1, -0.05) is 227 Å². The van der Waals surface area contributed by atoms with Crippen molar-refractivity contribution in [3.05, 3.63) is 268 Å². The van der Waals surface area contributed by atoms with Gasteiger partial charge >= 0.3 is 0 Å². The van der Waals surface area contributed by atoms with Crippen molar-refractivity contribution in [2.24, 2.45) is 5.41 Å². The Labute approximate surface area is 524 Å². The largest absolute Gasteiger partial charge is 0.334 e. The molecule has 15 rings (SSSR count). The summed E-state index contributed by atoms with van der Waals surface area (Å²) in [5.41, 5.74) is 32.0. The predicted molar refractivity (Wildman–Crippen MR) is 377 cm³/mol. The van der Waals surface area contributed by atoms with E-state index in [1.165, 1.54) is 153 Å². The highest BCUT2D eigenvalue weighted by Crippen LogP contribution is 2.62. The Morgan fingerprint density at radius 1 is 0.455 bits per heavy atom. The van der Waals surface area contributed by atoms with Crippen LogP contribution in [-0.2, 0) is 29.1 Å². The van der Waals surface area contributed by atoms with Crippen molar-refractivity contribution in [2.45, 2.75) is 136 Å². The first-order valence-electron chi connectivity index (χ1n) is 32.5. The van der Waals surface area contributed by atoms with E-state index in [9.17, 15) is 0 Å². The topological polar surface area (TPSA) is 9.72 Å². The molecule has 436 valence electrons. The highest BCUT2D eigenvalue weighted by molar-refractivity contribution is 7.00. The van der Waals surface area contributed by atoms with E-state index in [0.29, 0.717) is 0 Å². The molecule has 1 fully saturated rings. The molecule has 3 heterocycles. The van der Waals surface area contributed by atoms with Crippen molar-refractivity contribution in [1.82, 2.24) is 0 Å². The fraction of sp³-hybridized carbons (Fsp3) is 0.262. The van der Waals surface area contributed by atoms with E-state index in [1.54, 1.807) is 0 Å². The molecule has 3 nitrogen and oxygen atoms in total. The third kappa shape index (κ3) is 9.05. The van der Waals surface area contributed by atoms with E-state index in [-0.39, 0.29) is 33.9 Å². The molecule has 4 heteroatoms. The molecule has 0 N–H and O–H groups in total. The van der Waals surface area contributed by atoms with Crippen LogP contribution in [0.15, 0.2) is 218 Å². The second-order valence-corrected chi connectivity index (χ2v) is 29.7. The van der Waals surface area contributed by atoms with Crippen molar-refractivity contribution in [3.8, 4) is 22.3 Å². The van der Waals surface area contributed by atoms with Gasteiger partial charge in [0.15, 0.2) is 0 Å². The highest BCUT2D eigenvalue weighted by atomic mass is 15.3. The van der Waals surface area contributed by atoms with Gasteiger partial charge in [0.25, 0.3) is 6.71 Å². The van der Waals surface area contributed by atoms with Crippen LogP contribution in [-0.4, -0.2) is 12.3 Å². The quantitative estimate of drug-likeness (QED) is 0.111. The van der Waals surface area contributed by atoms with Gasteiger partial charge in [0.2, 0.25) is 0 Å². The standard InChI is InChI=1S/C84H82BN3/c1-55-44-77-79-78(45-55)87(73-41-36-64(81(5,6)7)51-68(73)59-32-22-15-23-33-59)76-52-65(88-74-39-34-60(47-69(74)83(10)42-24-25-43-84(83,88)11)66(57-28-18-13-19-29-57)46-56-26-16-12-17-27-56)37-38-70(76)85(79)71-48-61-53-82(8,9)54-62(61)49-75(71)86(77)72-40-35-63(80(2,3)4)50-67(72)58-30-20-14-21-31-58/h12-23,26-41,44-52H,24-25,42-43,53-54H2,1-11H3/b66-46-. The molecule has 0 bridgehead atoms. The van der Waals surface area contributed by atoms with Crippen LogP contribution >= 0.6 is 0 Å². The minimum Gasteiger partial charge on any atom is -0.334 e. The van der Waals surface area contributed by atoms with Gasteiger partial charge in [-0.3, -0.25) is 0 Å². The summed E-state index contributed by atoms with van der Waals surface area (Å²) in [5, 5.41) is 0. The van der Waals surface area contributed by atoms with Crippen LogP contribution in [0.2, 0.25) is 0 Å². The van der Waals surface area contributed by atoms with E-state index in [2.05, 4.69) is 315 Å². The number of anilines is 8. The Kier molecular flexibility index (Phi) is 13.0. The summed E-state index contributed by atoms with van der Waals surface area (Å²) >= 11 is 0. The summed E-state index contributed by atoms with van der Waals surface area (Å²) in [7, 11) is 0. The minimum atomic E-state index is -0.189. The molecule has 10 aromatic rings. The second-order valence-electron chi connectivity index (χ2n) is 29.7. The van der Waals surface area contributed by atoms with Crippen molar-refractivity contribution >= 4 is 80.2 Å². The molecule has 0 aromatic heterocycles. The SMILES string of the molecule is Cc1cc2c3c(c1)N(c1ccc(C(C)(C)C)cc1-c1ccccc1)c1cc4c(cc1B3c1ccc(N3c5ccc(/C(=C\c6ccccc6)c6ccccc6)cc5C5(C)CCCCC35C)cc1N2c1ccc(C(C)(C)C)cc1-c1ccccc1)CC(C)(C)C4. The number of rotatable bonds is 8. The average molecular weight is 1140 g/mol. The van der Waals surface area contributed by atoms with E-state index in [4.69, 9.17) is 0 Å². The molecule has 1 saturated carbocycles. The van der Waals surface area contributed by atoms with E-state index >= 15 is 0 Å². The molecular formula is C84H82BN3. The van der Waals surface area contributed by atoms with Crippen LogP contribution in [0.25, 0.3) is 33.9 Å². The molecule has 0 radical (unpaired) electrons. The lowest BCUT2D eigenvalue weighted by molar-refractivity contribution is 0.195. The number of benzene rings is 10. The smallest absolute Gasteiger partial charge is 0.252 e. The molecule has 88 heavy (non-hydrogen) atoms. The number of aryl methyl sites for hydroxylation is 1. The van der Waals surface area contributed by atoms with Gasteiger partial charge < -0.3 is 14.7 Å². The molecule has 2 unspecified atom stereocenters. The Balaban J connectivity index is 1.00. The Hall–Kier alpha value is -8.60. The number of nitrogens with zero attached hydrogens (tertiary/aromatic N) is 3. The Bertz CT molecular complexity index is 4430. The lowest BCUT2D eigenvalue weighted by Gasteiger charge is -2.50. The third-order valence-electron chi connectivity index (χ3n) is 21.1.